The van der Waals surface area contributed by atoms with E-state index in [1.165, 1.54) is 7.11 Å². The van der Waals surface area contributed by atoms with Gasteiger partial charge in [-0.2, -0.15) is 0 Å². The van der Waals surface area contributed by atoms with Gasteiger partial charge in [-0.1, -0.05) is 48.6 Å². The Hall–Kier alpha value is -2.66. The lowest BCUT2D eigenvalue weighted by Crippen LogP contribution is -2.39. The highest BCUT2D eigenvalue weighted by molar-refractivity contribution is 6.08. The van der Waals surface area contributed by atoms with Gasteiger partial charge in [0.25, 0.3) is 0 Å². The minimum atomic E-state index is -0.725. The molecule has 5 heteroatoms. The first-order valence-electron chi connectivity index (χ1n) is 8.39. The molecule has 2 bridgehead atoms. The Kier molecular flexibility index (Phi) is 2.89. The van der Waals surface area contributed by atoms with Crippen LogP contribution < -0.4 is 4.90 Å². The molecule has 0 unspecified atom stereocenters. The van der Waals surface area contributed by atoms with E-state index in [4.69, 9.17) is 9.47 Å². The molecule has 0 aromatic heterocycles. The van der Waals surface area contributed by atoms with Crippen LogP contribution in [0.15, 0.2) is 54.6 Å². The summed E-state index contributed by atoms with van der Waals surface area (Å²) >= 11 is 0. The Balaban J connectivity index is 1.61. The van der Waals surface area contributed by atoms with Gasteiger partial charge < -0.3 is 14.4 Å². The van der Waals surface area contributed by atoms with Gasteiger partial charge in [0, 0.05) is 5.39 Å². The second-order valence-corrected chi connectivity index (χ2v) is 6.85. The second kappa shape index (κ2) is 4.92. The van der Waals surface area contributed by atoms with Crippen molar-refractivity contribution in [2.24, 2.45) is 11.8 Å². The SMILES string of the molecule is COC(=O)[C@@H]1[C@@H]2C=C[C@]3(CN(c4cccc5ccccc45)C(=O)[C@H]13)O2. The highest BCUT2D eigenvalue weighted by Gasteiger charge is 2.67. The van der Waals surface area contributed by atoms with E-state index in [1.54, 1.807) is 4.90 Å². The first-order chi connectivity index (χ1) is 12.1. The van der Waals surface area contributed by atoms with Gasteiger partial charge in [0.2, 0.25) is 5.91 Å². The number of fused-ring (bicyclic) bond motifs is 2. The van der Waals surface area contributed by atoms with Crippen molar-refractivity contribution < 1.29 is 19.1 Å². The molecule has 2 aromatic carbocycles. The standard InChI is InChI=1S/C20H17NO4/c1-24-19(23)16-15-9-10-20(25-15)11-21(18(22)17(16)20)14-8-4-6-12-5-2-3-7-13(12)14/h2-10,15-17H,11H2,1H3/t15-,16+,17-,20+/m0/s1. The summed E-state index contributed by atoms with van der Waals surface area (Å²) in [7, 11) is 1.35. The molecule has 1 spiro atoms. The lowest BCUT2D eigenvalue weighted by Gasteiger charge is -2.22. The summed E-state index contributed by atoms with van der Waals surface area (Å²) in [6, 6.07) is 13.9. The number of anilines is 1. The van der Waals surface area contributed by atoms with E-state index in [0.717, 1.165) is 16.5 Å². The van der Waals surface area contributed by atoms with Gasteiger partial charge in [0.05, 0.1) is 31.4 Å². The average Bonchev–Trinajstić information content (AvgIpc) is 3.29. The Labute approximate surface area is 144 Å². The van der Waals surface area contributed by atoms with E-state index < -0.39 is 17.4 Å². The number of methoxy groups -OCH3 is 1. The number of benzene rings is 2. The van der Waals surface area contributed by atoms with Crippen molar-refractivity contribution >= 4 is 28.3 Å². The fourth-order valence-corrected chi connectivity index (χ4v) is 4.55. The summed E-state index contributed by atoms with van der Waals surface area (Å²) in [6.45, 7) is 0.422. The first kappa shape index (κ1) is 14.7. The van der Waals surface area contributed by atoms with Gasteiger partial charge in [0.15, 0.2) is 0 Å². The van der Waals surface area contributed by atoms with Crippen LogP contribution in [-0.4, -0.2) is 37.2 Å². The van der Waals surface area contributed by atoms with Crippen molar-refractivity contribution in [1.82, 2.24) is 0 Å². The summed E-state index contributed by atoms with van der Waals surface area (Å²) in [5.74, 6) is -1.54. The molecular weight excluding hydrogens is 318 g/mol. The summed E-state index contributed by atoms with van der Waals surface area (Å²) in [6.07, 6.45) is 3.47. The molecule has 5 rings (SSSR count). The van der Waals surface area contributed by atoms with Gasteiger partial charge in [-0.05, 0) is 11.5 Å². The molecular formula is C20H17NO4. The fraction of sp³-hybridized carbons (Fsp3) is 0.300. The molecule has 126 valence electrons. The zero-order chi connectivity index (χ0) is 17.2. The van der Waals surface area contributed by atoms with Gasteiger partial charge in [-0.25, -0.2) is 0 Å². The number of rotatable bonds is 2. The topological polar surface area (TPSA) is 55.8 Å². The quantitative estimate of drug-likeness (QED) is 0.624. The Bertz CT molecular complexity index is 931. The maximum atomic E-state index is 13.3. The van der Waals surface area contributed by atoms with Crippen molar-refractivity contribution in [2.75, 3.05) is 18.6 Å². The molecule has 0 aliphatic carbocycles. The third kappa shape index (κ3) is 1.81. The van der Waals surface area contributed by atoms with E-state index in [9.17, 15) is 9.59 Å². The summed E-state index contributed by atoms with van der Waals surface area (Å²) in [5, 5.41) is 2.09. The zero-order valence-electron chi connectivity index (χ0n) is 13.7. The first-order valence-corrected chi connectivity index (χ1v) is 8.39. The third-order valence-electron chi connectivity index (χ3n) is 5.63. The van der Waals surface area contributed by atoms with Crippen molar-refractivity contribution in [2.45, 2.75) is 11.7 Å². The lowest BCUT2D eigenvalue weighted by molar-refractivity contribution is -0.149. The lowest BCUT2D eigenvalue weighted by atomic mass is 9.77. The molecule has 1 amide bonds. The minimum absolute atomic E-state index is 0.0707. The number of hydrogen-bond donors (Lipinski definition) is 0. The molecule has 3 aliphatic heterocycles. The van der Waals surface area contributed by atoms with Crippen molar-refractivity contribution in [1.29, 1.82) is 0 Å². The van der Waals surface area contributed by atoms with Crippen LogP contribution >= 0.6 is 0 Å². The van der Waals surface area contributed by atoms with Crippen LogP contribution in [0.1, 0.15) is 0 Å². The number of amides is 1. The summed E-state index contributed by atoms with van der Waals surface area (Å²) in [5.41, 5.74) is 0.133. The van der Waals surface area contributed by atoms with E-state index in [2.05, 4.69) is 0 Å². The second-order valence-electron chi connectivity index (χ2n) is 6.85. The van der Waals surface area contributed by atoms with E-state index in [-0.39, 0.29) is 18.0 Å². The van der Waals surface area contributed by atoms with Gasteiger partial charge in [0.1, 0.15) is 11.5 Å². The van der Waals surface area contributed by atoms with Gasteiger partial charge in [-0.3, -0.25) is 9.59 Å². The highest BCUT2D eigenvalue weighted by atomic mass is 16.5. The van der Waals surface area contributed by atoms with Crippen LogP contribution in [0.25, 0.3) is 10.8 Å². The third-order valence-corrected chi connectivity index (χ3v) is 5.63. The molecule has 5 nitrogen and oxygen atoms in total. The molecule has 3 aliphatic rings. The maximum absolute atomic E-state index is 13.3. The molecule has 4 atom stereocenters. The van der Waals surface area contributed by atoms with Crippen LogP contribution in [0.4, 0.5) is 5.69 Å². The van der Waals surface area contributed by atoms with Crippen LogP contribution in [-0.2, 0) is 19.1 Å². The number of hydrogen-bond acceptors (Lipinski definition) is 4. The molecule has 2 aromatic rings. The fourth-order valence-electron chi connectivity index (χ4n) is 4.55. The van der Waals surface area contributed by atoms with E-state index in [0.29, 0.717) is 6.54 Å². The monoisotopic (exact) mass is 335 g/mol. The zero-order valence-corrected chi connectivity index (χ0v) is 13.7. The maximum Gasteiger partial charge on any atom is 0.312 e. The normalized spacial score (nSPS) is 32.4. The largest absolute Gasteiger partial charge is 0.469 e. The van der Waals surface area contributed by atoms with E-state index >= 15 is 0 Å². The van der Waals surface area contributed by atoms with Gasteiger partial charge in [-0.15, -0.1) is 0 Å². The van der Waals surface area contributed by atoms with E-state index in [1.807, 2.05) is 54.6 Å². The minimum Gasteiger partial charge on any atom is -0.469 e. The molecule has 0 saturated carbocycles. The van der Waals surface area contributed by atoms with Crippen molar-refractivity contribution in [3.05, 3.63) is 54.6 Å². The molecule has 0 N–H and O–H groups in total. The molecule has 0 radical (unpaired) electrons. The number of ether oxygens (including phenoxy) is 2. The van der Waals surface area contributed by atoms with Crippen molar-refractivity contribution in [3.8, 4) is 0 Å². The average molecular weight is 335 g/mol. The number of carbonyl (C=O) groups is 2. The Morgan fingerprint density at radius 2 is 2.04 bits per heavy atom. The number of carbonyl (C=O) groups excluding carboxylic acids is 2. The predicted molar refractivity (Wildman–Crippen MR) is 92.0 cm³/mol. The Morgan fingerprint density at radius 3 is 2.88 bits per heavy atom. The highest BCUT2D eigenvalue weighted by Crippen LogP contribution is 2.53. The molecule has 3 heterocycles. The summed E-state index contributed by atoms with van der Waals surface area (Å²) < 4.78 is 11.0. The van der Waals surface area contributed by atoms with Crippen LogP contribution in [0.2, 0.25) is 0 Å². The van der Waals surface area contributed by atoms with Crippen LogP contribution in [0, 0.1) is 11.8 Å². The van der Waals surface area contributed by atoms with Crippen LogP contribution in [0.3, 0.4) is 0 Å². The van der Waals surface area contributed by atoms with Gasteiger partial charge >= 0.3 is 5.97 Å². The molecule has 25 heavy (non-hydrogen) atoms. The Morgan fingerprint density at radius 1 is 1.24 bits per heavy atom. The smallest absolute Gasteiger partial charge is 0.312 e. The summed E-state index contributed by atoms with van der Waals surface area (Å²) in [4.78, 5) is 27.2. The van der Waals surface area contributed by atoms with Crippen LogP contribution in [0.5, 0.6) is 0 Å². The molecule has 2 fully saturated rings. The molecule has 2 saturated heterocycles. The number of nitrogens with zero attached hydrogens (tertiary/aromatic N) is 1. The predicted octanol–water partition coefficient (Wildman–Crippen LogP) is 2.30. The van der Waals surface area contributed by atoms with Crippen molar-refractivity contribution in [3.63, 3.8) is 0 Å². The number of esters is 1.